The largest absolute Gasteiger partial charge is 0.345 e. The number of aromatic amines is 1. The summed E-state index contributed by atoms with van der Waals surface area (Å²) >= 11 is 0. The van der Waals surface area contributed by atoms with Crippen LogP contribution in [0, 0.1) is 17.5 Å². The highest BCUT2D eigenvalue weighted by atomic mass is 19.2. The number of H-pyrrole nitrogens is 1. The maximum absolute atomic E-state index is 13.5. The van der Waals surface area contributed by atoms with E-state index in [0.29, 0.717) is 18.0 Å². The van der Waals surface area contributed by atoms with Gasteiger partial charge in [-0.25, -0.2) is 13.2 Å². The molecule has 0 spiro atoms. The normalized spacial score (nSPS) is 12.2. The summed E-state index contributed by atoms with van der Waals surface area (Å²) in [5.41, 5.74) is -0.192. The minimum atomic E-state index is -1.28. The smallest absolute Gasteiger partial charge is 0.226 e. The van der Waals surface area contributed by atoms with E-state index in [0.717, 1.165) is 0 Å². The standard InChI is InChI=1S/C13H14F3N5O/c1-7(13-17-19-20-18-13)6-21(2)12(22)4-8-3-10(15)11(16)5-9(8)14/h3,5,7H,4,6H2,1-2H3,(H,17,18,19,20). The van der Waals surface area contributed by atoms with E-state index in [1.165, 1.54) is 11.9 Å². The molecule has 1 N–H and O–H groups in total. The van der Waals surface area contributed by atoms with Gasteiger partial charge in [-0.2, -0.15) is 5.21 Å². The molecule has 1 amide bonds. The number of nitrogens with one attached hydrogen (secondary N) is 1. The summed E-state index contributed by atoms with van der Waals surface area (Å²) in [5.74, 6) is -3.59. The highest BCUT2D eigenvalue weighted by Crippen LogP contribution is 2.16. The number of carbonyl (C=O) groups is 1. The van der Waals surface area contributed by atoms with E-state index < -0.39 is 23.4 Å². The average molecular weight is 313 g/mol. The van der Waals surface area contributed by atoms with Crippen LogP contribution in [-0.2, 0) is 11.2 Å². The lowest BCUT2D eigenvalue weighted by Crippen LogP contribution is -2.32. The van der Waals surface area contributed by atoms with Crippen molar-refractivity contribution in [1.29, 1.82) is 0 Å². The van der Waals surface area contributed by atoms with Crippen LogP contribution in [-0.4, -0.2) is 45.0 Å². The quantitative estimate of drug-likeness (QED) is 0.847. The van der Waals surface area contributed by atoms with Crippen molar-refractivity contribution in [3.63, 3.8) is 0 Å². The highest BCUT2D eigenvalue weighted by molar-refractivity contribution is 5.78. The molecule has 1 aromatic carbocycles. The molecule has 0 bridgehead atoms. The molecule has 0 saturated carbocycles. The molecule has 2 rings (SSSR count). The molecule has 1 unspecified atom stereocenters. The van der Waals surface area contributed by atoms with Gasteiger partial charge in [-0.1, -0.05) is 12.1 Å². The van der Waals surface area contributed by atoms with Gasteiger partial charge >= 0.3 is 0 Å². The molecule has 0 aliphatic carbocycles. The van der Waals surface area contributed by atoms with Gasteiger partial charge in [0.2, 0.25) is 5.91 Å². The molecule has 1 atom stereocenters. The number of halogens is 3. The minimum absolute atomic E-state index is 0.178. The predicted molar refractivity (Wildman–Crippen MR) is 70.2 cm³/mol. The molecule has 0 aliphatic heterocycles. The van der Waals surface area contributed by atoms with E-state index >= 15 is 0 Å². The first-order valence-electron chi connectivity index (χ1n) is 6.49. The lowest BCUT2D eigenvalue weighted by atomic mass is 10.1. The number of amides is 1. The summed E-state index contributed by atoms with van der Waals surface area (Å²) in [6.07, 6.45) is -0.363. The number of carbonyl (C=O) groups excluding carboxylic acids is 1. The van der Waals surface area contributed by atoms with Crippen LogP contribution in [0.4, 0.5) is 13.2 Å². The zero-order chi connectivity index (χ0) is 16.3. The molecule has 0 saturated heterocycles. The molecule has 9 heteroatoms. The second kappa shape index (κ2) is 6.54. The molecular formula is C13H14F3N5O. The Morgan fingerprint density at radius 3 is 2.59 bits per heavy atom. The summed E-state index contributed by atoms with van der Waals surface area (Å²) in [7, 11) is 1.52. The number of nitrogens with zero attached hydrogens (tertiary/aromatic N) is 4. The van der Waals surface area contributed by atoms with E-state index in [2.05, 4.69) is 20.6 Å². The Morgan fingerprint density at radius 2 is 1.95 bits per heavy atom. The number of likely N-dealkylation sites (N-methyl/N-ethyl adjacent to an activating group) is 1. The van der Waals surface area contributed by atoms with Gasteiger partial charge in [0.05, 0.1) is 6.42 Å². The zero-order valence-electron chi connectivity index (χ0n) is 12.0. The first-order valence-corrected chi connectivity index (χ1v) is 6.49. The predicted octanol–water partition coefficient (Wildman–Crippen LogP) is 1.42. The van der Waals surface area contributed by atoms with Crippen LogP contribution >= 0.6 is 0 Å². The third-order valence-electron chi connectivity index (χ3n) is 3.21. The van der Waals surface area contributed by atoms with E-state index in [4.69, 9.17) is 0 Å². The van der Waals surface area contributed by atoms with Crippen molar-refractivity contribution >= 4 is 5.91 Å². The fourth-order valence-corrected chi connectivity index (χ4v) is 1.97. The SMILES string of the molecule is CC(CN(C)C(=O)Cc1cc(F)c(F)cc1F)c1nn[nH]n1. The second-order valence-electron chi connectivity index (χ2n) is 4.98. The summed E-state index contributed by atoms with van der Waals surface area (Å²) in [4.78, 5) is 13.4. The van der Waals surface area contributed by atoms with E-state index in [-0.39, 0.29) is 24.4 Å². The van der Waals surface area contributed by atoms with Crippen LogP contribution in [0.1, 0.15) is 24.2 Å². The molecule has 0 aliphatic rings. The second-order valence-corrected chi connectivity index (χ2v) is 4.98. The fraction of sp³-hybridized carbons (Fsp3) is 0.385. The number of hydrogen-bond acceptors (Lipinski definition) is 4. The molecule has 0 radical (unpaired) electrons. The van der Waals surface area contributed by atoms with Gasteiger partial charge in [0, 0.05) is 31.1 Å². The van der Waals surface area contributed by atoms with Gasteiger partial charge in [0.15, 0.2) is 17.5 Å². The van der Waals surface area contributed by atoms with Gasteiger partial charge in [0.1, 0.15) is 5.82 Å². The average Bonchev–Trinajstić information content (AvgIpc) is 2.98. The Labute approximate surface area is 124 Å². The lowest BCUT2D eigenvalue weighted by molar-refractivity contribution is -0.129. The molecule has 2 aromatic rings. The Hall–Kier alpha value is -2.45. The molecular weight excluding hydrogens is 299 g/mol. The maximum Gasteiger partial charge on any atom is 0.226 e. The van der Waals surface area contributed by atoms with Crippen LogP contribution in [0.25, 0.3) is 0 Å². The van der Waals surface area contributed by atoms with Crippen molar-refractivity contribution in [2.45, 2.75) is 19.3 Å². The van der Waals surface area contributed by atoms with E-state index in [9.17, 15) is 18.0 Å². The van der Waals surface area contributed by atoms with Crippen LogP contribution < -0.4 is 0 Å². The Bertz CT molecular complexity index is 662. The topological polar surface area (TPSA) is 74.8 Å². The van der Waals surface area contributed by atoms with Crippen molar-refractivity contribution in [2.24, 2.45) is 0 Å². The summed E-state index contributed by atoms with van der Waals surface area (Å²) < 4.78 is 39.5. The Morgan fingerprint density at radius 1 is 1.27 bits per heavy atom. The number of tetrazole rings is 1. The van der Waals surface area contributed by atoms with Crippen LogP contribution in [0.5, 0.6) is 0 Å². The number of hydrogen-bond donors (Lipinski definition) is 1. The highest BCUT2D eigenvalue weighted by Gasteiger charge is 2.19. The number of aromatic nitrogens is 4. The van der Waals surface area contributed by atoms with Crippen molar-refractivity contribution in [3.05, 3.63) is 41.0 Å². The molecule has 1 heterocycles. The lowest BCUT2D eigenvalue weighted by Gasteiger charge is -2.20. The van der Waals surface area contributed by atoms with Gasteiger partial charge in [0.25, 0.3) is 0 Å². The fourth-order valence-electron chi connectivity index (χ4n) is 1.97. The van der Waals surface area contributed by atoms with Crippen LogP contribution in [0.15, 0.2) is 12.1 Å². The first-order chi connectivity index (χ1) is 10.4. The summed E-state index contributed by atoms with van der Waals surface area (Å²) in [5, 5.41) is 13.4. The zero-order valence-corrected chi connectivity index (χ0v) is 12.0. The van der Waals surface area contributed by atoms with Crippen molar-refractivity contribution < 1.29 is 18.0 Å². The summed E-state index contributed by atoms with van der Waals surface area (Å²) in [6, 6.07) is 1.12. The maximum atomic E-state index is 13.5. The van der Waals surface area contributed by atoms with Gasteiger partial charge < -0.3 is 4.90 Å². The molecule has 6 nitrogen and oxygen atoms in total. The van der Waals surface area contributed by atoms with Crippen LogP contribution in [0.3, 0.4) is 0 Å². The first kappa shape index (κ1) is 15.9. The molecule has 1 aromatic heterocycles. The van der Waals surface area contributed by atoms with Crippen LogP contribution in [0.2, 0.25) is 0 Å². The summed E-state index contributed by atoms with van der Waals surface area (Å²) in [6.45, 7) is 2.08. The molecule has 0 fully saturated rings. The molecule has 22 heavy (non-hydrogen) atoms. The van der Waals surface area contributed by atoms with Gasteiger partial charge in [-0.05, 0) is 6.07 Å². The minimum Gasteiger partial charge on any atom is -0.345 e. The van der Waals surface area contributed by atoms with Crippen molar-refractivity contribution in [1.82, 2.24) is 25.5 Å². The van der Waals surface area contributed by atoms with E-state index in [1.807, 2.05) is 0 Å². The Kier molecular flexibility index (Phi) is 4.74. The third-order valence-corrected chi connectivity index (χ3v) is 3.21. The molecule has 118 valence electrons. The number of rotatable bonds is 5. The van der Waals surface area contributed by atoms with Crippen molar-refractivity contribution in [3.8, 4) is 0 Å². The monoisotopic (exact) mass is 313 g/mol. The van der Waals surface area contributed by atoms with Gasteiger partial charge in [-0.3, -0.25) is 4.79 Å². The van der Waals surface area contributed by atoms with Crippen molar-refractivity contribution in [2.75, 3.05) is 13.6 Å². The van der Waals surface area contributed by atoms with Gasteiger partial charge in [-0.15, -0.1) is 10.2 Å². The Balaban J connectivity index is 2.01. The number of benzene rings is 1. The third kappa shape index (κ3) is 3.60. The van der Waals surface area contributed by atoms with E-state index in [1.54, 1.807) is 6.92 Å².